The zero-order valence-electron chi connectivity index (χ0n) is 10.2. The number of nitrogens with two attached hydrogens (primary N) is 1. The largest absolute Gasteiger partial charge is 0.399 e. The van der Waals surface area contributed by atoms with Crippen molar-refractivity contribution in [3.8, 4) is 0 Å². The van der Waals surface area contributed by atoms with Crippen molar-refractivity contribution in [3.05, 3.63) is 49.6 Å². The molecule has 0 saturated heterocycles. The molecule has 0 bridgehead atoms. The van der Waals surface area contributed by atoms with E-state index in [-0.39, 0.29) is 15.8 Å². The molecule has 2 aromatic carbocycles. The quantitative estimate of drug-likeness (QED) is 0.607. The van der Waals surface area contributed by atoms with Gasteiger partial charge in [0.15, 0.2) is 5.82 Å². The maximum absolute atomic E-state index is 14.0. The lowest BCUT2D eigenvalue weighted by Crippen LogP contribution is -2.15. The van der Waals surface area contributed by atoms with Crippen LogP contribution >= 0.6 is 47.8 Å². The fourth-order valence-corrected chi connectivity index (χ4v) is 4.21. The van der Waals surface area contributed by atoms with Gasteiger partial charge in [-0.05, 0) is 62.2 Å². The Bertz CT molecular complexity index is 812. The smallest absolute Gasteiger partial charge is 0.264 e. The Morgan fingerprint density at radius 2 is 1.71 bits per heavy atom. The molecule has 3 N–H and O–H groups in total. The maximum atomic E-state index is 14.0. The van der Waals surface area contributed by atoms with Gasteiger partial charge in [0.05, 0.1) is 10.2 Å². The lowest BCUT2D eigenvalue weighted by atomic mass is 10.3. The predicted octanol–water partition coefficient (Wildman–Crippen LogP) is 4.50. The minimum absolute atomic E-state index is 0.0174. The van der Waals surface area contributed by atoms with E-state index in [4.69, 9.17) is 5.73 Å². The minimum atomic E-state index is -4.11. The molecular weight excluding hydrogens is 495 g/mol. The standard InChI is InChI=1S/C12H8Br3FN2O2S/c13-6-1-2-8(14)10(3-6)18-21(19,20)11-5-7(17)4-9(15)12(11)16/h1-5,18H,17H2. The van der Waals surface area contributed by atoms with E-state index in [0.717, 1.165) is 6.07 Å². The van der Waals surface area contributed by atoms with Gasteiger partial charge in [0.25, 0.3) is 10.0 Å². The lowest BCUT2D eigenvalue weighted by Gasteiger charge is -2.12. The third-order valence-corrected chi connectivity index (χ3v) is 5.61. The Kier molecular flexibility index (Phi) is 4.96. The Balaban J connectivity index is 2.51. The number of hydrogen-bond acceptors (Lipinski definition) is 3. The van der Waals surface area contributed by atoms with Crippen LogP contribution in [0.25, 0.3) is 0 Å². The summed E-state index contributed by atoms with van der Waals surface area (Å²) in [5.74, 6) is -0.900. The third-order valence-electron chi connectivity index (χ3n) is 2.48. The van der Waals surface area contributed by atoms with Crippen LogP contribution in [0.2, 0.25) is 0 Å². The van der Waals surface area contributed by atoms with E-state index >= 15 is 0 Å². The summed E-state index contributed by atoms with van der Waals surface area (Å²) in [6.07, 6.45) is 0. The number of hydrogen-bond donors (Lipinski definition) is 2. The summed E-state index contributed by atoms with van der Waals surface area (Å²) in [6.45, 7) is 0. The molecular formula is C12H8Br3FN2O2S. The van der Waals surface area contributed by atoms with Crippen LogP contribution in [0.1, 0.15) is 0 Å². The maximum Gasteiger partial charge on any atom is 0.264 e. The summed E-state index contributed by atoms with van der Waals surface area (Å²) in [5, 5.41) is 0. The van der Waals surface area contributed by atoms with Crippen LogP contribution in [0, 0.1) is 5.82 Å². The van der Waals surface area contributed by atoms with Crippen LogP contribution in [0.5, 0.6) is 0 Å². The van der Waals surface area contributed by atoms with Crippen LogP contribution in [-0.2, 0) is 10.0 Å². The predicted molar refractivity (Wildman–Crippen MR) is 91.2 cm³/mol. The van der Waals surface area contributed by atoms with Crippen molar-refractivity contribution in [2.24, 2.45) is 0 Å². The first kappa shape index (κ1) is 16.7. The van der Waals surface area contributed by atoms with Crippen LogP contribution in [0.4, 0.5) is 15.8 Å². The average Bonchev–Trinajstić information content (AvgIpc) is 2.37. The highest BCUT2D eigenvalue weighted by Crippen LogP contribution is 2.31. The second-order valence-electron chi connectivity index (χ2n) is 4.04. The molecule has 0 heterocycles. The van der Waals surface area contributed by atoms with Gasteiger partial charge in [-0.25, -0.2) is 12.8 Å². The molecule has 112 valence electrons. The van der Waals surface area contributed by atoms with Gasteiger partial charge in [-0.2, -0.15) is 0 Å². The van der Waals surface area contributed by atoms with E-state index in [1.807, 2.05) is 0 Å². The number of nitrogens with one attached hydrogen (secondary N) is 1. The van der Waals surface area contributed by atoms with Crippen molar-refractivity contribution < 1.29 is 12.8 Å². The minimum Gasteiger partial charge on any atom is -0.399 e. The molecule has 9 heteroatoms. The highest BCUT2D eigenvalue weighted by atomic mass is 79.9. The summed E-state index contributed by atoms with van der Waals surface area (Å²) in [4.78, 5) is -0.527. The second-order valence-corrected chi connectivity index (χ2v) is 8.32. The van der Waals surface area contributed by atoms with Crippen LogP contribution in [-0.4, -0.2) is 8.42 Å². The molecule has 0 radical (unpaired) electrons. The van der Waals surface area contributed by atoms with E-state index in [1.165, 1.54) is 6.07 Å². The molecule has 0 aliphatic heterocycles. The van der Waals surface area contributed by atoms with Gasteiger partial charge in [-0.1, -0.05) is 15.9 Å². The monoisotopic (exact) mass is 500 g/mol. The third kappa shape index (κ3) is 3.77. The molecule has 2 aromatic rings. The first-order chi connectivity index (χ1) is 9.70. The number of anilines is 2. The van der Waals surface area contributed by atoms with Crippen molar-refractivity contribution >= 4 is 69.2 Å². The Hall–Kier alpha value is -0.640. The number of halogens is 4. The van der Waals surface area contributed by atoms with Gasteiger partial charge >= 0.3 is 0 Å². The second kappa shape index (κ2) is 6.23. The fraction of sp³-hybridized carbons (Fsp3) is 0. The molecule has 0 aliphatic rings. The van der Waals surface area contributed by atoms with Gasteiger partial charge in [0.2, 0.25) is 0 Å². The van der Waals surface area contributed by atoms with Gasteiger partial charge in [0, 0.05) is 14.6 Å². The molecule has 0 aliphatic carbocycles. The number of sulfonamides is 1. The summed E-state index contributed by atoms with van der Waals surface area (Å²) in [7, 11) is -4.11. The molecule has 0 aromatic heterocycles. The molecule has 0 spiro atoms. The van der Waals surface area contributed by atoms with E-state index < -0.39 is 20.7 Å². The molecule has 4 nitrogen and oxygen atoms in total. The summed E-state index contributed by atoms with van der Waals surface area (Å²) < 4.78 is 42.2. The number of benzene rings is 2. The highest BCUT2D eigenvalue weighted by molar-refractivity contribution is 9.11. The molecule has 0 fully saturated rings. The van der Waals surface area contributed by atoms with Crippen molar-refractivity contribution in [1.29, 1.82) is 0 Å². The lowest BCUT2D eigenvalue weighted by molar-refractivity contribution is 0.567. The summed E-state index contributed by atoms with van der Waals surface area (Å²) in [6, 6.07) is 7.31. The van der Waals surface area contributed by atoms with Crippen molar-refractivity contribution in [2.75, 3.05) is 10.5 Å². The number of rotatable bonds is 3. The van der Waals surface area contributed by atoms with Gasteiger partial charge < -0.3 is 5.73 Å². The summed E-state index contributed by atoms with van der Waals surface area (Å²) in [5.41, 5.74) is 5.98. The molecule has 0 atom stereocenters. The molecule has 0 unspecified atom stereocenters. The normalized spacial score (nSPS) is 11.4. The number of nitrogen functional groups attached to an aromatic ring is 1. The van der Waals surface area contributed by atoms with Crippen LogP contribution < -0.4 is 10.5 Å². The average molecular weight is 503 g/mol. The van der Waals surface area contributed by atoms with E-state index in [9.17, 15) is 12.8 Å². The summed E-state index contributed by atoms with van der Waals surface area (Å²) >= 11 is 9.41. The first-order valence-corrected chi connectivity index (χ1v) is 9.29. The van der Waals surface area contributed by atoms with Gasteiger partial charge in [0.1, 0.15) is 4.90 Å². The van der Waals surface area contributed by atoms with E-state index in [2.05, 4.69) is 52.5 Å². The topological polar surface area (TPSA) is 72.2 Å². The molecule has 2 rings (SSSR count). The molecule has 0 amide bonds. The molecule has 21 heavy (non-hydrogen) atoms. The first-order valence-electron chi connectivity index (χ1n) is 5.43. The van der Waals surface area contributed by atoms with Gasteiger partial charge in [-0.3, -0.25) is 4.72 Å². The van der Waals surface area contributed by atoms with Crippen LogP contribution in [0.3, 0.4) is 0 Å². The Morgan fingerprint density at radius 1 is 1.05 bits per heavy atom. The van der Waals surface area contributed by atoms with Crippen molar-refractivity contribution in [2.45, 2.75) is 4.90 Å². The zero-order chi connectivity index (χ0) is 15.8. The SMILES string of the molecule is Nc1cc(Br)c(F)c(S(=O)(=O)Nc2cc(Br)ccc2Br)c1. The Morgan fingerprint density at radius 3 is 2.38 bits per heavy atom. The van der Waals surface area contributed by atoms with E-state index in [1.54, 1.807) is 18.2 Å². The van der Waals surface area contributed by atoms with E-state index in [0.29, 0.717) is 8.95 Å². The van der Waals surface area contributed by atoms with Crippen molar-refractivity contribution in [1.82, 2.24) is 0 Å². The highest BCUT2D eigenvalue weighted by Gasteiger charge is 2.22. The van der Waals surface area contributed by atoms with Crippen molar-refractivity contribution in [3.63, 3.8) is 0 Å². The Labute approximate surface area is 146 Å². The fourth-order valence-electron chi connectivity index (χ4n) is 1.55. The van der Waals surface area contributed by atoms with Gasteiger partial charge in [-0.15, -0.1) is 0 Å². The van der Waals surface area contributed by atoms with Crippen LogP contribution in [0.15, 0.2) is 48.6 Å². The zero-order valence-corrected chi connectivity index (χ0v) is 15.8. The molecule has 0 saturated carbocycles.